The fourth-order valence-electron chi connectivity index (χ4n) is 2.42. The van der Waals surface area contributed by atoms with E-state index in [1.807, 2.05) is 18.5 Å². The monoisotopic (exact) mass is 341 g/mol. The minimum Gasteiger partial charge on any atom is -0.468 e. The van der Waals surface area contributed by atoms with Crippen LogP contribution in [-0.2, 0) is 20.9 Å². The lowest BCUT2D eigenvalue weighted by molar-refractivity contribution is -0.140. The number of nitrogens with one attached hydrogen (secondary N) is 1. The first-order valence-corrected chi connectivity index (χ1v) is 8.03. The van der Waals surface area contributed by atoms with Crippen molar-refractivity contribution < 1.29 is 14.3 Å². The van der Waals surface area contributed by atoms with Gasteiger partial charge in [0.25, 0.3) is 0 Å². The number of amides is 1. The van der Waals surface area contributed by atoms with Crippen LogP contribution in [-0.4, -0.2) is 35.3 Å². The number of hydrogen-bond donors (Lipinski definition) is 1. The summed E-state index contributed by atoms with van der Waals surface area (Å²) >= 11 is 0. The Balaban J connectivity index is 2.08. The molecule has 0 aliphatic carbocycles. The van der Waals surface area contributed by atoms with Crippen LogP contribution < -0.4 is 5.32 Å². The van der Waals surface area contributed by atoms with Crippen molar-refractivity contribution in [2.45, 2.75) is 27.3 Å². The largest absolute Gasteiger partial charge is 0.468 e. The highest BCUT2D eigenvalue weighted by Crippen LogP contribution is 2.16. The van der Waals surface area contributed by atoms with Crippen molar-refractivity contribution >= 4 is 18.0 Å². The van der Waals surface area contributed by atoms with Gasteiger partial charge in [0.05, 0.1) is 19.3 Å². The molecule has 6 nitrogen and oxygen atoms in total. The van der Waals surface area contributed by atoms with Gasteiger partial charge in [0, 0.05) is 17.3 Å². The number of carbonyl (C=O) groups is 2. The minimum atomic E-state index is -0.486. The summed E-state index contributed by atoms with van der Waals surface area (Å²) in [6.07, 6.45) is 3.12. The summed E-state index contributed by atoms with van der Waals surface area (Å²) in [5.41, 5.74) is 5.12. The molecule has 1 N–H and O–H groups in total. The molecule has 1 aromatic carbocycles. The minimum absolute atomic E-state index is 0.148. The summed E-state index contributed by atoms with van der Waals surface area (Å²) in [5, 5.41) is 7.02. The Hall–Kier alpha value is -2.89. The molecule has 0 saturated carbocycles. The molecule has 0 spiro atoms. The lowest BCUT2D eigenvalue weighted by Crippen LogP contribution is -2.28. The van der Waals surface area contributed by atoms with Crippen molar-refractivity contribution in [2.24, 2.45) is 0 Å². The summed E-state index contributed by atoms with van der Waals surface area (Å²) in [6.45, 7) is 6.46. The molecular weight excluding hydrogens is 318 g/mol. The highest BCUT2D eigenvalue weighted by atomic mass is 16.5. The number of ether oxygens (including phenoxy) is 1. The molecule has 0 aliphatic rings. The average molecular weight is 341 g/mol. The lowest BCUT2D eigenvalue weighted by atomic mass is 10.1. The average Bonchev–Trinajstić information content (AvgIpc) is 2.86. The van der Waals surface area contributed by atoms with Crippen molar-refractivity contribution in [2.75, 3.05) is 13.7 Å². The maximum atomic E-state index is 11.8. The fraction of sp³-hybridized carbons (Fsp3) is 0.316. The fourth-order valence-corrected chi connectivity index (χ4v) is 2.42. The second kappa shape index (κ2) is 8.28. The van der Waals surface area contributed by atoms with Gasteiger partial charge in [-0.3, -0.25) is 14.3 Å². The van der Waals surface area contributed by atoms with Crippen LogP contribution in [0.15, 0.2) is 30.3 Å². The van der Waals surface area contributed by atoms with E-state index < -0.39 is 5.97 Å². The van der Waals surface area contributed by atoms with Gasteiger partial charge in [-0.1, -0.05) is 29.8 Å². The predicted molar refractivity (Wildman–Crippen MR) is 96.0 cm³/mol. The van der Waals surface area contributed by atoms with Crippen LogP contribution in [0.4, 0.5) is 0 Å². The van der Waals surface area contributed by atoms with Crippen molar-refractivity contribution in [1.29, 1.82) is 0 Å². The summed E-state index contributed by atoms with van der Waals surface area (Å²) in [7, 11) is 1.28. The second-order valence-corrected chi connectivity index (χ2v) is 5.86. The van der Waals surface area contributed by atoms with E-state index in [2.05, 4.69) is 46.3 Å². The molecule has 132 valence electrons. The quantitative estimate of drug-likeness (QED) is 0.645. The van der Waals surface area contributed by atoms with Gasteiger partial charge in [0.15, 0.2) is 0 Å². The van der Waals surface area contributed by atoms with Crippen molar-refractivity contribution in [3.05, 3.63) is 58.4 Å². The topological polar surface area (TPSA) is 73.2 Å². The van der Waals surface area contributed by atoms with Gasteiger partial charge in [-0.25, -0.2) is 0 Å². The Morgan fingerprint density at radius 2 is 1.88 bits per heavy atom. The molecule has 2 aromatic rings. The second-order valence-electron chi connectivity index (χ2n) is 5.86. The molecule has 0 radical (unpaired) electrons. The summed E-state index contributed by atoms with van der Waals surface area (Å²) < 4.78 is 6.40. The van der Waals surface area contributed by atoms with Gasteiger partial charge in [-0.2, -0.15) is 5.10 Å². The molecule has 0 saturated heterocycles. The molecule has 0 aliphatic heterocycles. The van der Waals surface area contributed by atoms with Crippen LogP contribution in [0.2, 0.25) is 0 Å². The molecule has 1 heterocycles. The molecule has 0 atom stereocenters. The first kappa shape index (κ1) is 18.4. The standard InChI is InChI=1S/C19H23N3O3/c1-13-5-7-16(8-6-13)12-22-15(3)17(14(2)21-22)9-10-18(23)20-11-19(24)25-4/h5-10H,11-12H2,1-4H3,(H,20,23)/b10-9+. The predicted octanol–water partition coefficient (Wildman–Crippen LogP) is 2.16. The van der Waals surface area contributed by atoms with Gasteiger partial charge in [0.2, 0.25) is 5.91 Å². The molecule has 6 heteroatoms. The van der Waals surface area contributed by atoms with E-state index in [4.69, 9.17) is 0 Å². The number of hydrogen-bond acceptors (Lipinski definition) is 4. The molecule has 0 fully saturated rings. The van der Waals surface area contributed by atoms with E-state index in [-0.39, 0.29) is 12.5 Å². The highest BCUT2D eigenvalue weighted by molar-refractivity contribution is 5.93. The molecule has 2 rings (SSSR count). The van der Waals surface area contributed by atoms with Crippen molar-refractivity contribution in [1.82, 2.24) is 15.1 Å². The molecule has 1 amide bonds. The maximum absolute atomic E-state index is 11.8. The normalized spacial score (nSPS) is 10.9. The summed E-state index contributed by atoms with van der Waals surface area (Å²) in [5.74, 6) is -0.837. The van der Waals surface area contributed by atoms with E-state index in [0.29, 0.717) is 6.54 Å². The maximum Gasteiger partial charge on any atom is 0.325 e. The number of benzene rings is 1. The Morgan fingerprint density at radius 3 is 2.52 bits per heavy atom. The first-order chi connectivity index (χ1) is 11.9. The Kier molecular flexibility index (Phi) is 6.11. The molecule has 1 aromatic heterocycles. The Bertz CT molecular complexity index is 789. The number of rotatable bonds is 6. The number of esters is 1. The first-order valence-electron chi connectivity index (χ1n) is 8.03. The molecular formula is C19H23N3O3. The summed E-state index contributed by atoms with van der Waals surface area (Å²) in [4.78, 5) is 22.8. The number of aryl methyl sites for hydroxylation is 2. The van der Waals surface area contributed by atoms with Crippen molar-refractivity contribution in [3.63, 3.8) is 0 Å². The van der Waals surface area contributed by atoms with Crippen LogP contribution in [0.1, 0.15) is 28.1 Å². The van der Waals surface area contributed by atoms with Gasteiger partial charge < -0.3 is 10.1 Å². The SMILES string of the molecule is COC(=O)CNC(=O)/C=C/c1c(C)nn(Cc2ccc(C)cc2)c1C. The zero-order valence-electron chi connectivity index (χ0n) is 15.0. The summed E-state index contributed by atoms with van der Waals surface area (Å²) in [6, 6.07) is 8.32. The third kappa shape index (κ3) is 5.04. The molecule has 0 unspecified atom stereocenters. The van der Waals surface area contributed by atoms with Gasteiger partial charge in [-0.05, 0) is 32.4 Å². The number of methoxy groups -OCH3 is 1. The van der Waals surface area contributed by atoms with Gasteiger partial charge in [-0.15, -0.1) is 0 Å². The van der Waals surface area contributed by atoms with Crippen LogP contribution in [0.25, 0.3) is 6.08 Å². The van der Waals surface area contributed by atoms with Crippen LogP contribution in [0, 0.1) is 20.8 Å². The zero-order chi connectivity index (χ0) is 18.4. The van der Waals surface area contributed by atoms with Gasteiger partial charge in [0.1, 0.15) is 6.54 Å². The van der Waals surface area contributed by atoms with E-state index in [1.165, 1.54) is 24.3 Å². The number of nitrogens with zero attached hydrogens (tertiary/aromatic N) is 2. The van der Waals surface area contributed by atoms with E-state index in [9.17, 15) is 9.59 Å². The van der Waals surface area contributed by atoms with Crippen molar-refractivity contribution in [3.8, 4) is 0 Å². The van der Waals surface area contributed by atoms with Crippen LogP contribution in [0.3, 0.4) is 0 Å². The molecule has 0 bridgehead atoms. The van der Waals surface area contributed by atoms with E-state index >= 15 is 0 Å². The Labute approximate surface area is 147 Å². The highest BCUT2D eigenvalue weighted by Gasteiger charge is 2.10. The zero-order valence-corrected chi connectivity index (χ0v) is 15.0. The third-order valence-corrected chi connectivity index (χ3v) is 3.93. The third-order valence-electron chi connectivity index (χ3n) is 3.93. The van der Waals surface area contributed by atoms with Gasteiger partial charge >= 0.3 is 5.97 Å². The van der Waals surface area contributed by atoms with E-state index in [1.54, 1.807) is 6.08 Å². The number of carbonyl (C=O) groups excluding carboxylic acids is 2. The Morgan fingerprint density at radius 1 is 1.20 bits per heavy atom. The van der Waals surface area contributed by atoms with E-state index in [0.717, 1.165) is 17.0 Å². The van der Waals surface area contributed by atoms with Crippen LogP contribution in [0.5, 0.6) is 0 Å². The van der Waals surface area contributed by atoms with Crippen LogP contribution >= 0.6 is 0 Å². The smallest absolute Gasteiger partial charge is 0.325 e. The lowest BCUT2D eigenvalue weighted by Gasteiger charge is -2.05. The number of aromatic nitrogens is 2. The molecule has 25 heavy (non-hydrogen) atoms.